The number of Topliss-reactive ketones (excluding diaryl/α,β-unsaturated/α-hetero) is 1. The van der Waals surface area contributed by atoms with Crippen molar-refractivity contribution in [3.05, 3.63) is 180 Å². The number of ketones is 1. The van der Waals surface area contributed by atoms with Crippen LogP contribution in [0, 0.1) is 41.6 Å². The first-order valence-electron chi connectivity index (χ1n) is 47.4. The first-order chi connectivity index (χ1) is 63.9. The molecule has 789 valence electrons. The summed E-state index contributed by atoms with van der Waals surface area (Å²) in [5.74, 6) is -0.659. The van der Waals surface area contributed by atoms with E-state index in [9.17, 15) is 43.5 Å². The number of carboxylic acid groups (broad SMARTS) is 1. The van der Waals surface area contributed by atoms with Crippen LogP contribution in [0.2, 0.25) is 0 Å². The van der Waals surface area contributed by atoms with Crippen molar-refractivity contribution in [1.82, 2.24) is 40.4 Å². The van der Waals surface area contributed by atoms with Crippen LogP contribution in [0.1, 0.15) is 228 Å². The fraction of sp³-hybridized carbons (Fsp3) is 0.635. The Morgan fingerprint density at radius 2 is 0.766 bits per heavy atom. The number of carbonyl (C=O) groups is 8. The number of carboxylic acids is 1. The Morgan fingerprint density at radius 1 is 0.454 bits per heavy atom. The van der Waals surface area contributed by atoms with Gasteiger partial charge in [0.15, 0.2) is 5.78 Å². The summed E-state index contributed by atoms with van der Waals surface area (Å²) in [4.78, 5) is 112. The van der Waals surface area contributed by atoms with Gasteiger partial charge in [-0.15, -0.1) is 24.8 Å². The van der Waals surface area contributed by atoms with Crippen LogP contribution < -0.4 is 57.3 Å². The molecule has 6 saturated heterocycles. The summed E-state index contributed by atoms with van der Waals surface area (Å²) in [6.07, 6.45) is 9.46. The zero-order valence-electron chi connectivity index (χ0n) is 89.4. The van der Waals surface area contributed by atoms with Gasteiger partial charge in [-0.3, -0.25) is 19.2 Å². The summed E-state index contributed by atoms with van der Waals surface area (Å²) >= 11 is 2.37. The number of nitrogens with zero attached hydrogens (tertiary/aromatic N) is 6. The molecule has 30 nitrogen and oxygen atoms in total. The number of ether oxygens (including phenoxy) is 10. The summed E-state index contributed by atoms with van der Waals surface area (Å²) in [7, 11) is 11.5. The predicted octanol–water partition coefficient (Wildman–Crippen LogP) is 13.2. The van der Waals surface area contributed by atoms with Crippen molar-refractivity contribution in [3.63, 3.8) is 0 Å². The van der Waals surface area contributed by atoms with Gasteiger partial charge in [-0.2, -0.15) is 36.4 Å². The van der Waals surface area contributed by atoms with Gasteiger partial charge in [-0.05, 0) is 209 Å². The van der Waals surface area contributed by atoms with Crippen molar-refractivity contribution in [1.29, 1.82) is 0 Å². The van der Waals surface area contributed by atoms with Crippen LogP contribution >= 0.6 is 47.4 Å². The molecular weight excluding hydrogens is 2050 g/mol. The van der Waals surface area contributed by atoms with Gasteiger partial charge in [0.1, 0.15) is 28.0 Å². The maximum atomic E-state index is 12.3. The van der Waals surface area contributed by atoms with Crippen molar-refractivity contribution in [2.24, 2.45) is 35.5 Å². The largest absolute Gasteiger partial charge is 2.00 e. The molecule has 0 bridgehead atoms. The van der Waals surface area contributed by atoms with Crippen LogP contribution in [0.15, 0.2) is 152 Å². The Kier molecular flexibility index (Phi) is 77.9. The topological polar surface area (TPSA) is 331 Å². The van der Waals surface area contributed by atoms with Crippen LogP contribution in [0.4, 0.5) is 24.0 Å². The van der Waals surface area contributed by atoms with E-state index < -0.39 is 52.1 Å². The van der Waals surface area contributed by atoms with E-state index in [-0.39, 0.29) is 183 Å². The molecule has 11 rings (SSSR count). The van der Waals surface area contributed by atoms with Crippen LogP contribution in [-0.4, -0.2) is 313 Å². The molecule has 0 aromatic heterocycles. The second kappa shape index (κ2) is 77.6. The minimum absolute atomic E-state index is 0. The molecule has 37 heteroatoms. The first kappa shape index (κ1) is 142. The Morgan fingerprint density at radius 3 is 1.09 bits per heavy atom. The molecule has 5 aromatic rings. The molecule has 6 fully saturated rings. The third kappa shape index (κ3) is 62.3. The molecule has 4 N–H and O–H groups in total. The minimum Gasteiger partial charge on any atom is -1.00 e. The fourth-order valence-corrected chi connectivity index (χ4v) is 15.1. The second-order valence-corrected chi connectivity index (χ2v) is 39.6. The standard InChI is InChI=1S/C21H33NO4.C16H23NO3.C16H21NO3.C16H25NO2.C12H22N2O4.C10H17NO4.C6H5.C5H11IO.C2H7NO.B.BrH.2ClH.Mg.Na.H/c1-21(2,3)26-20(23)22-13-12-18(16-22)19(17-10-6-5-7-11-17)25-15-9-8-14-24-4;2*1-16(2,3)20-15(19)17-10-9-13(11-17)14(18)12-7-5-4-6-8-12;1-18-11-5-6-12-19-16(15-9-10-17-13-15)14-7-3-2-4-8-14;1-12(2,3)18-11(16)14-7-6-9(8-14)10(15)13(4)17-5;1-10(2,3)15-9(14)11-5-4-7(6-11)8(12)13;1-2-4-6-5-3-1;1-7-5-3-2-4-6;1-3-4-2;;;;;;;/h5-7,10-11,18-19H,8-9,12-16H2,1-4H3;4-8,13-14,18H,9-11H2,1-3H3;4-8,13H,9-11H2,1-3H3;2-4,7-8,15-17H,5-6,9-13H2,1H3;9H,6-8H2,1-5H3;7H,4-6H2,1-3H3,(H,12,13);1-5H;2-5H2,1H3;3H,1-2H3;;3*1H;;;/q;;;;;;-1;;;;;;;+2;+1;-1/p-1. The number of methoxy groups -OCH3 is 3. The summed E-state index contributed by atoms with van der Waals surface area (Å²) in [6, 6.07) is 52.2. The monoisotopic (exact) mass is 2210 g/mol. The van der Waals surface area contributed by atoms with Crippen LogP contribution in [-0.2, 0) is 66.6 Å². The van der Waals surface area contributed by atoms with Crippen molar-refractivity contribution < 1.29 is 154 Å². The number of carbonyl (C=O) groups excluding carboxylic acids is 7. The van der Waals surface area contributed by atoms with Crippen LogP contribution in [0.25, 0.3) is 0 Å². The maximum Gasteiger partial charge on any atom is 2.00 e. The number of benzene rings is 5. The number of aliphatic hydroxyl groups is 1. The van der Waals surface area contributed by atoms with Crippen molar-refractivity contribution in [3.8, 4) is 0 Å². The zero-order chi connectivity index (χ0) is 101. The molecule has 0 spiro atoms. The molecule has 9 atom stereocenters. The number of aliphatic hydroxyl groups excluding tert-OH is 1. The van der Waals surface area contributed by atoms with Gasteiger partial charge in [0.25, 0.3) is 5.91 Å². The van der Waals surface area contributed by atoms with E-state index >= 15 is 0 Å². The molecule has 5 aromatic carbocycles. The zero-order valence-corrected chi connectivity index (χ0v) is 97.2. The molecule has 6 amide bonds. The maximum absolute atomic E-state index is 12.3. The van der Waals surface area contributed by atoms with Gasteiger partial charge in [-0.25, -0.2) is 34.5 Å². The number of rotatable bonds is 28. The number of halogens is 4. The average molecular weight is 2220 g/mol. The fourth-order valence-electron chi connectivity index (χ4n) is 14.6. The smallest absolute Gasteiger partial charge is 1.00 e. The van der Waals surface area contributed by atoms with E-state index in [1.54, 1.807) is 82.9 Å². The molecule has 6 aliphatic heterocycles. The van der Waals surface area contributed by atoms with Crippen molar-refractivity contribution >= 4 is 127 Å². The van der Waals surface area contributed by atoms with E-state index in [0.717, 1.165) is 90.2 Å². The number of alkyl halides is 1. The van der Waals surface area contributed by atoms with E-state index in [2.05, 4.69) is 86.8 Å². The van der Waals surface area contributed by atoms with Gasteiger partial charge < -0.3 is 111 Å². The SMILES string of the molecule is CC(C)(C)OC(=O)N1CCC(C(=O)O)C1.CC(C)(C)OC(=O)N1CCC(C(=O)c2ccccc2)C1.CC(C)(C)OC(=O)N1CCC(C(O)c2ccccc2)C1.CNOC.COCCCCI.COCCCCOC(c1ccccc1)C1CCN(C(=O)OC(C)(C)C)C1.COCCCCOC(c1ccccc1)C1CCNC1.CON(C)C(=O)C1CCN(C(=O)OC(C)(C)C)C1.Cl.Cl.[B].[Br-].[H-].[Mg+2].[Na+].[c-]1ccccc1. The number of hydrogen-bond acceptors (Lipinski definition) is 23. The van der Waals surface area contributed by atoms with Crippen LogP contribution in [0.3, 0.4) is 0 Å². The molecule has 0 saturated carbocycles. The van der Waals surface area contributed by atoms with E-state index in [1.165, 1.54) is 51.9 Å². The number of amides is 6. The molecule has 141 heavy (non-hydrogen) atoms. The third-order valence-corrected chi connectivity index (χ3v) is 22.2. The summed E-state index contributed by atoms with van der Waals surface area (Å²) in [5.41, 5.74) is 4.05. The van der Waals surface area contributed by atoms with Gasteiger partial charge in [0.05, 0.1) is 44.4 Å². The van der Waals surface area contributed by atoms with Gasteiger partial charge in [0.2, 0.25) is 0 Å². The molecule has 3 radical (unpaired) electrons. The molecule has 0 aliphatic carbocycles. The number of hydrogen-bond donors (Lipinski definition) is 4. The van der Waals surface area contributed by atoms with Gasteiger partial charge in [0, 0.05) is 178 Å². The van der Waals surface area contributed by atoms with E-state index in [0.29, 0.717) is 89.7 Å². The van der Waals surface area contributed by atoms with Gasteiger partial charge >= 0.3 is 89.0 Å². The number of aliphatic carboxylic acids is 1. The number of unbranched alkanes of at least 4 members (excludes halogenated alkanes) is 3. The normalized spacial score (nSPS) is 17.7. The van der Waals surface area contributed by atoms with E-state index in [1.807, 2.05) is 192 Å². The van der Waals surface area contributed by atoms with Crippen molar-refractivity contribution in [2.75, 3.05) is 166 Å². The quantitative estimate of drug-likeness (QED) is 0.00528. The predicted molar refractivity (Wildman–Crippen MR) is 561 cm³/mol. The average Bonchev–Trinajstić information content (AvgIpc) is 1.70. The number of likely N-dealkylation sites (tertiary alicyclic amines) is 5. The Bertz CT molecular complexity index is 4060. The first-order valence-corrected chi connectivity index (χ1v) is 48.9. The van der Waals surface area contributed by atoms with E-state index in [4.69, 9.17) is 57.3 Å². The Labute approximate surface area is 921 Å². The molecule has 6 aliphatic rings. The van der Waals surface area contributed by atoms with Gasteiger partial charge in [-0.1, -0.05) is 144 Å². The second-order valence-electron chi connectivity index (χ2n) is 38.6. The Balaban J connectivity index is -0.000000508. The summed E-state index contributed by atoms with van der Waals surface area (Å²) < 4.78 is 55.3. The van der Waals surface area contributed by atoms with Crippen LogP contribution in [0.5, 0.6) is 0 Å². The molecule has 9 unspecified atom stereocenters. The summed E-state index contributed by atoms with van der Waals surface area (Å²) in [5, 5.41) is 23.8. The summed E-state index contributed by atoms with van der Waals surface area (Å²) in [6.45, 7) is 39.1. The van der Waals surface area contributed by atoms with Crippen molar-refractivity contribution in [2.45, 2.75) is 227 Å². The number of nitrogens with one attached hydrogen (secondary N) is 2. The third-order valence-electron chi connectivity index (χ3n) is 21.4. The molecule has 6 heterocycles. The molecular formula is C104H167BBrCl2IMgN8NaO22. The number of hydroxylamine groups is 3. The minimum atomic E-state index is -0.846. The Hall–Kier alpha value is -5.72.